The molecule has 0 bridgehead atoms. The minimum atomic E-state index is 0.122. The Morgan fingerprint density at radius 1 is 1.12 bits per heavy atom. The predicted molar refractivity (Wildman–Crippen MR) is 101 cm³/mol. The lowest BCUT2D eigenvalue weighted by Crippen LogP contribution is -2.48. The van der Waals surface area contributed by atoms with Crippen molar-refractivity contribution in [3.05, 3.63) is 35.3 Å². The molecular formula is C17H17N5OS2. The second kappa shape index (κ2) is 6.89. The molecule has 1 fully saturated rings. The first-order valence-electron chi connectivity index (χ1n) is 8.03. The first kappa shape index (κ1) is 16.2. The summed E-state index contributed by atoms with van der Waals surface area (Å²) in [6, 6.07) is 4.10. The van der Waals surface area contributed by atoms with Crippen LogP contribution in [0.25, 0.3) is 21.1 Å². The van der Waals surface area contributed by atoms with Crippen molar-refractivity contribution < 1.29 is 4.79 Å². The Labute approximate surface area is 153 Å². The van der Waals surface area contributed by atoms with Crippen LogP contribution in [0.15, 0.2) is 35.3 Å². The molecule has 0 aliphatic carbocycles. The smallest absolute Gasteiger partial charge is 0.226 e. The number of nitrogens with zero attached hydrogens (tertiary/aromatic N) is 5. The molecule has 0 radical (unpaired) electrons. The normalized spacial score (nSPS) is 14.8. The highest BCUT2D eigenvalue weighted by molar-refractivity contribution is 7.14. The number of anilines is 1. The molecule has 3 aromatic rings. The van der Waals surface area contributed by atoms with Crippen molar-refractivity contribution >= 4 is 34.5 Å². The van der Waals surface area contributed by atoms with Crippen LogP contribution in [0.3, 0.4) is 0 Å². The summed E-state index contributed by atoms with van der Waals surface area (Å²) >= 11 is 3.25. The number of hydrogen-bond acceptors (Lipinski definition) is 7. The maximum atomic E-state index is 11.5. The molecule has 8 heteroatoms. The zero-order chi connectivity index (χ0) is 17.2. The van der Waals surface area contributed by atoms with Crippen LogP contribution in [-0.4, -0.2) is 51.9 Å². The van der Waals surface area contributed by atoms with Gasteiger partial charge in [-0.2, -0.15) is 0 Å². The van der Waals surface area contributed by atoms with Gasteiger partial charge in [0.25, 0.3) is 0 Å². The number of thiazole rings is 1. The summed E-state index contributed by atoms with van der Waals surface area (Å²) in [5, 5.41) is 4.91. The van der Waals surface area contributed by atoms with Crippen molar-refractivity contribution in [2.75, 3.05) is 31.1 Å². The zero-order valence-electron chi connectivity index (χ0n) is 13.8. The van der Waals surface area contributed by atoms with Crippen LogP contribution in [-0.2, 0) is 4.79 Å². The number of carbonyl (C=O) groups is 1. The second-order valence-electron chi connectivity index (χ2n) is 5.74. The van der Waals surface area contributed by atoms with Crippen molar-refractivity contribution in [2.45, 2.75) is 6.92 Å². The number of piperazine rings is 1. The van der Waals surface area contributed by atoms with Crippen molar-refractivity contribution in [1.29, 1.82) is 0 Å². The Morgan fingerprint density at radius 2 is 1.96 bits per heavy atom. The fraction of sp³-hybridized carbons (Fsp3) is 0.294. The fourth-order valence-corrected chi connectivity index (χ4v) is 4.24. The minimum absolute atomic E-state index is 0.122. The Morgan fingerprint density at radius 3 is 2.60 bits per heavy atom. The van der Waals surface area contributed by atoms with Crippen molar-refractivity contribution in [3.63, 3.8) is 0 Å². The quantitative estimate of drug-likeness (QED) is 0.708. The average Bonchev–Trinajstić information content (AvgIpc) is 3.35. The van der Waals surface area contributed by atoms with Crippen LogP contribution < -0.4 is 4.90 Å². The molecular weight excluding hydrogens is 354 g/mol. The summed E-state index contributed by atoms with van der Waals surface area (Å²) in [5.74, 6) is 0.825. The van der Waals surface area contributed by atoms with Gasteiger partial charge in [-0.1, -0.05) is 6.07 Å². The highest BCUT2D eigenvalue weighted by Gasteiger charge is 2.22. The summed E-state index contributed by atoms with van der Waals surface area (Å²) in [7, 11) is 0. The third kappa shape index (κ3) is 3.27. The SMILES string of the molecule is CC(=O)N1CCN(c2ncc(-c3cccs3)c(-c3nccs3)n2)CC1. The first-order chi connectivity index (χ1) is 12.2. The number of aromatic nitrogens is 3. The first-order valence-corrected chi connectivity index (χ1v) is 9.79. The van der Waals surface area contributed by atoms with Gasteiger partial charge in [-0.05, 0) is 11.4 Å². The van der Waals surface area contributed by atoms with Crippen molar-refractivity contribution in [2.24, 2.45) is 0 Å². The molecule has 0 aromatic carbocycles. The third-order valence-electron chi connectivity index (χ3n) is 4.21. The fourth-order valence-electron chi connectivity index (χ4n) is 2.86. The van der Waals surface area contributed by atoms with Crippen LogP contribution in [0.4, 0.5) is 5.95 Å². The van der Waals surface area contributed by atoms with E-state index in [-0.39, 0.29) is 5.91 Å². The molecule has 0 saturated carbocycles. The molecule has 0 N–H and O–H groups in total. The molecule has 0 unspecified atom stereocenters. The largest absolute Gasteiger partial charge is 0.339 e. The predicted octanol–water partition coefficient (Wildman–Crippen LogP) is 3.00. The van der Waals surface area contributed by atoms with Gasteiger partial charge in [0, 0.05) is 61.3 Å². The van der Waals surface area contributed by atoms with Gasteiger partial charge in [0.05, 0.1) is 0 Å². The number of rotatable bonds is 3. The summed E-state index contributed by atoms with van der Waals surface area (Å²) in [6.45, 7) is 4.52. The molecule has 128 valence electrons. The van der Waals surface area contributed by atoms with Crippen molar-refractivity contribution in [1.82, 2.24) is 19.9 Å². The van der Waals surface area contributed by atoms with E-state index in [0.717, 1.165) is 34.2 Å². The summed E-state index contributed by atoms with van der Waals surface area (Å²) in [4.78, 5) is 30.5. The molecule has 1 saturated heterocycles. The van der Waals surface area contributed by atoms with Crippen molar-refractivity contribution in [3.8, 4) is 21.1 Å². The van der Waals surface area contributed by atoms with Gasteiger partial charge in [0.2, 0.25) is 11.9 Å². The van der Waals surface area contributed by atoms with Crippen LogP contribution in [0.1, 0.15) is 6.92 Å². The van der Waals surface area contributed by atoms with Gasteiger partial charge in [-0.3, -0.25) is 4.79 Å². The van der Waals surface area contributed by atoms with E-state index in [0.29, 0.717) is 19.0 Å². The van der Waals surface area contributed by atoms with E-state index in [1.54, 1.807) is 35.8 Å². The van der Waals surface area contributed by atoms with E-state index in [1.165, 1.54) is 0 Å². The van der Waals surface area contributed by atoms with Gasteiger partial charge in [-0.15, -0.1) is 22.7 Å². The van der Waals surface area contributed by atoms with E-state index in [2.05, 4.69) is 26.3 Å². The highest BCUT2D eigenvalue weighted by atomic mass is 32.1. The van der Waals surface area contributed by atoms with Crippen LogP contribution >= 0.6 is 22.7 Å². The molecule has 1 aliphatic heterocycles. The molecule has 4 rings (SSSR count). The average molecular weight is 371 g/mol. The second-order valence-corrected chi connectivity index (χ2v) is 7.58. The molecule has 0 spiro atoms. The monoisotopic (exact) mass is 371 g/mol. The molecule has 0 atom stereocenters. The van der Waals surface area contributed by atoms with E-state index >= 15 is 0 Å². The zero-order valence-corrected chi connectivity index (χ0v) is 15.4. The number of thiophene rings is 1. The van der Waals surface area contributed by atoms with Crippen LogP contribution in [0, 0.1) is 0 Å². The molecule has 6 nitrogen and oxygen atoms in total. The summed E-state index contributed by atoms with van der Waals surface area (Å²) in [6.07, 6.45) is 3.69. The Bertz CT molecular complexity index is 855. The lowest BCUT2D eigenvalue weighted by molar-refractivity contribution is -0.129. The lowest BCUT2D eigenvalue weighted by atomic mass is 10.2. The minimum Gasteiger partial charge on any atom is -0.339 e. The topological polar surface area (TPSA) is 62.2 Å². The molecule has 25 heavy (non-hydrogen) atoms. The lowest BCUT2D eigenvalue weighted by Gasteiger charge is -2.34. The van der Waals surface area contributed by atoms with Crippen LogP contribution in [0.2, 0.25) is 0 Å². The Kier molecular flexibility index (Phi) is 4.46. The molecule has 1 amide bonds. The number of amides is 1. The van der Waals surface area contributed by atoms with Gasteiger partial charge in [-0.25, -0.2) is 15.0 Å². The summed E-state index contributed by atoms with van der Waals surface area (Å²) < 4.78 is 0. The highest BCUT2D eigenvalue weighted by Crippen LogP contribution is 2.34. The van der Waals surface area contributed by atoms with Gasteiger partial charge in [0.1, 0.15) is 10.7 Å². The van der Waals surface area contributed by atoms with Crippen LogP contribution in [0.5, 0.6) is 0 Å². The van der Waals surface area contributed by atoms with Gasteiger partial charge < -0.3 is 9.80 Å². The summed E-state index contributed by atoms with van der Waals surface area (Å²) in [5.41, 5.74) is 1.88. The van der Waals surface area contributed by atoms with Gasteiger partial charge >= 0.3 is 0 Å². The third-order valence-corrected chi connectivity index (χ3v) is 5.89. The van der Waals surface area contributed by atoms with E-state index < -0.39 is 0 Å². The van der Waals surface area contributed by atoms with Gasteiger partial charge in [0.15, 0.2) is 0 Å². The standard InChI is InChI=1S/C17H17N5OS2/c1-12(23)21-5-7-22(8-6-21)17-19-11-13(14-3-2-9-24-14)15(20-17)16-18-4-10-25-16/h2-4,9-11H,5-8H2,1H3. The number of hydrogen-bond donors (Lipinski definition) is 0. The Balaban J connectivity index is 1.67. The molecule has 3 aromatic heterocycles. The maximum absolute atomic E-state index is 11.5. The maximum Gasteiger partial charge on any atom is 0.226 e. The number of carbonyl (C=O) groups excluding carboxylic acids is 1. The van der Waals surface area contributed by atoms with E-state index in [1.807, 2.05) is 22.5 Å². The van der Waals surface area contributed by atoms with E-state index in [9.17, 15) is 4.79 Å². The van der Waals surface area contributed by atoms with E-state index in [4.69, 9.17) is 4.98 Å². The Hall–Kier alpha value is -2.32. The molecule has 1 aliphatic rings. The molecule has 4 heterocycles.